The molecular formula is C10H13ClOSSi. The predicted octanol–water partition coefficient (Wildman–Crippen LogP) is 2.95. The van der Waals surface area contributed by atoms with Crippen molar-refractivity contribution >= 4 is 35.4 Å². The van der Waals surface area contributed by atoms with Crippen LogP contribution < -0.4 is 0 Å². The molecule has 0 saturated carbocycles. The van der Waals surface area contributed by atoms with E-state index >= 15 is 0 Å². The van der Waals surface area contributed by atoms with Gasteiger partial charge in [0, 0.05) is 9.51 Å². The summed E-state index contributed by atoms with van der Waals surface area (Å²) in [7, 11) is -1.54. The first-order valence-corrected chi connectivity index (χ1v) is 9.00. The van der Waals surface area contributed by atoms with Crippen molar-refractivity contribution in [2.24, 2.45) is 0 Å². The lowest BCUT2D eigenvalue weighted by molar-refractivity contribution is 0.701. The van der Waals surface area contributed by atoms with Gasteiger partial charge in [0.25, 0.3) is 0 Å². The summed E-state index contributed by atoms with van der Waals surface area (Å²) < 4.78 is 12.0. The second-order valence-corrected chi connectivity index (χ2v) is 10.5. The van der Waals surface area contributed by atoms with E-state index in [-0.39, 0.29) is 0 Å². The second kappa shape index (κ2) is 4.42. The highest BCUT2D eigenvalue weighted by Crippen LogP contribution is 2.16. The average Bonchev–Trinajstić information content (AvgIpc) is 2.02. The molecule has 1 nitrogen and oxygen atoms in total. The van der Waals surface area contributed by atoms with Crippen LogP contribution in [-0.2, 0) is 11.3 Å². The van der Waals surface area contributed by atoms with E-state index in [0.717, 1.165) is 10.1 Å². The third-order valence-electron chi connectivity index (χ3n) is 1.85. The van der Waals surface area contributed by atoms with Gasteiger partial charge in [0.15, 0.2) is 0 Å². The number of rotatable bonds is 2. The molecule has 0 bridgehead atoms. The van der Waals surface area contributed by atoms with Crippen molar-refractivity contribution in [3.8, 4) is 0 Å². The molecule has 0 heterocycles. The van der Waals surface area contributed by atoms with Crippen molar-refractivity contribution in [3.63, 3.8) is 0 Å². The second-order valence-electron chi connectivity index (χ2n) is 4.17. The maximum Gasteiger partial charge on any atom is 0.0954 e. The van der Waals surface area contributed by atoms with Crippen LogP contribution in [0.4, 0.5) is 0 Å². The average molecular weight is 245 g/mol. The summed E-state index contributed by atoms with van der Waals surface area (Å²) in [6, 6.07) is 7.51. The van der Waals surface area contributed by atoms with E-state index in [4.69, 9.17) is 11.6 Å². The smallest absolute Gasteiger partial charge is 0.0954 e. The molecule has 0 amide bonds. The Kier molecular flexibility index (Phi) is 3.69. The van der Waals surface area contributed by atoms with E-state index in [0.29, 0.717) is 16.3 Å². The largest absolute Gasteiger partial charge is 0.212 e. The summed E-state index contributed by atoms with van der Waals surface area (Å²) in [5.41, 5.74) is 0.983. The van der Waals surface area contributed by atoms with Crippen molar-refractivity contribution < 1.29 is 4.21 Å². The van der Waals surface area contributed by atoms with Gasteiger partial charge in [0.05, 0.1) is 19.3 Å². The maximum absolute atomic E-state index is 11.1. The van der Waals surface area contributed by atoms with Gasteiger partial charge >= 0.3 is 0 Å². The lowest BCUT2D eigenvalue weighted by Crippen LogP contribution is -2.34. The molecule has 0 spiro atoms. The zero-order valence-corrected chi connectivity index (χ0v) is 11.1. The summed E-state index contributed by atoms with van der Waals surface area (Å²) in [5.74, 6) is 0. The summed E-state index contributed by atoms with van der Waals surface area (Å²) in [6.45, 7) is 6.48. The normalized spacial score (nSPS) is 11.1. The molecule has 14 heavy (non-hydrogen) atoms. The Morgan fingerprint density at radius 2 is 2.00 bits per heavy atom. The van der Waals surface area contributed by atoms with Crippen molar-refractivity contribution in [2.75, 3.05) is 0 Å². The maximum atomic E-state index is 11.1. The molecule has 0 aromatic heterocycles. The first-order chi connectivity index (χ1) is 6.45. The highest BCUT2D eigenvalue weighted by atomic mass is 35.5. The van der Waals surface area contributed by atoms with E-state index in [9.17, 15) is 4.21 Å². The standard InChI is InChI=1S/C10H13ClOSSi/c1-14(2,3)10(13-12)8-5-4-6-9(11)7-8/h4-7H,1-3H3. The minimum Gasteiger partial charge on any atom is -0.212 e. The highest BCUT2D eigenvalue weighted by molar-refractivity contribution is 7.73. The molecule has 0 N–H and O–H groups in total. The SMILES string of the molecule is C[Si](C)(C)C(=S=O)c1cccc(Cl)c1. The van der Waals surface area contributed by atoms with Gasteiger partial charge in [-0.1, -0.05) is 43.4 Å². The van der Waals surface area contributed by atoms with Gasteiger partial charge in [-0.2, -0.15) is 0 Å². The summed E-state index contributed by atoms with van der Waals surface area (Å²) in [4.78, 5) is 0. The monoisotopic (exact) mass is 244 g/mol. The molecular weight excluding hydrogens is 232 g/mol. The molecule has 0 aliphatic heterocycles. The Labute approximate surface area is 94.2 Å². The van der Waals surface area contributed by atoms with Crippen molar-refractivity contribution in [3.05, 3.63) is 34.9 Å². The van der Waals surface area contributed by atoms with E-state index in [2.05, 4.69) is 19.6 Å². The van der Waals surface area contributed by atoms with Crippen molar-refractivity contribution in [1.29, 1.82) is 0 Å². The Morgan fingerprint density at radius 3 is 2.43 bits per heavy atom. The van der Waals surface area contributed by atoms with E-state index in [1.54, 1.807) is 0 Å². The van der Waals surface area contributed by atoms with Crippen LogP contribution in [0.15, 0.2) is 24.3 Å². The lowest BCUT2D eigenvalue weighted by Gasteiger charge is -2.17. The number of hydrogen-bond donors (Lipinski definition) is 0. The van der Waals surface area contributed by atoms with E-state index < -0.39 is 8.07 Å². The van der Waals surface area contributed by atoms with E-state index in [1.807, 2.05) is 24.3 Å². The zero-order chi connectivity index (χ0) is 10.8. The third kappa shape index (κ3) is 2.80. The molecule has 0 atom stereocenters. The topological polar surface area (TPSA) is 17.1 Å². The molecule has 0 saturated heterocycles. The van der Waals surface area contributed by atoms with Crippen LogP contribution in [0.3, 0.4) is 0 Å². The molecule has 0 aliphatic carbocycles. The molecule has 0 aliphatic rings. The van der Waals surface area contributed by atoms with Crippen molar-refractivity contribution in [2.45, 2.75) is 19.6 Å². The summed E-state index contributed by atoms with van der Waals surface area (Å²) in [6.07, 6.45) is 0. The molecule has 1 rings (SSSR count). The van der Waals surface area contributed by atoms with Gasteiger partial charge in [-0.3, -0.25) is 0 Å². The third-order valence-corrected chi connectivity index (χ3v) is 6.23. The van der Waals surface area contributed by atoms with Crippen LogP contribution in [-0.4, -0.2) is 16.8 Å². The van der Waals surface area contributed by atoms with Gasteiger partial charge < -0.3 is 0 Å². The Balaban J connectivity index is 3.23. The Bertz CT molecular complexity index is 391. The van der Waals surface area contributed by atoms with Gasteiger partial charge in [-0.05, 0) is 17.7 Å². The molecule has 1 aromatic rings. The zero-order valence-electron chi connectivity index (χ0n) is 8.50. The van der Waals surface area contributed by atoms with Crippen LogP contribution in [0.1, 0.15) is 5.56 Å². The lowest BCUT2D eigenvalue weighted by atomic mass is 10.2. The van der Waals surface area contributed by atoms with Crippen LogP contribution in [0, 0.1) is 0 Å². The fourth-order valence-corrected chi connectivity index (χ4v) is 3.67. The minimum atomic E-state index is -1.54. The number of halogens is 1. The summed E-state index contributed by atoms with van der Waals surface area (Å²) >= 11 is 6.50. The molecule has 0 radical (unpaired) electrons. The fraction of sp³-hybridized carbons (Fsp3) is 0.300. The van der Waals surface area contributed by atoms with Crippen LogP contribution in [0.5, 0.6) is 0 Å². The molecule has 0 fully saturated rings. The van der Waals surface area contributed by atoms with Crippen LogP contribution in [0.25, 0.3) is 0 Å². The first kappa shape index (κ1) is 11.7. The number of hydrogen-bond acceptors (Lipinski definition) is 1. The van der Waals surface area contributed by atoms with Crippen LogP contribution in [0.2, 0.25) is 24.7 Å². The molecule has 1 aromatic carbocycles. The Morgan fingerprint density at radius 1 is 1.36 bits per heavy atom. The van der Waals surface area contributed by atoms with Gasteiger partial charge in [0.1, 0.15) is 0 Å². The minimum absolute atomic E-state index is 0.608. The van der Waals surface area contributed by atoms with Gasteiger partial charge in [-0.15, -0.1) is 0 Å². The Hall–Kier alpha value is -0.383. The highest BCUT2D eigenvalue weighted by Gasteiger charge is 2.22. The van der Waals surface area contributed by atoms with Gasteiger partial charge in [-0.25, -0.2) is 4.21 Å². The molecule has 76 valence electrons. The molecule has 4 heteroatoms. The predicted molar refractivity (Wildman–Crippen MR) is 67.0 cm³/mol. The first-order valence-electron chi connectivity index (χ1n) is 4.38. The quantitative estimate of drug-likeness (QED) is 0.578. The summed E-state index contributed by atoms with van der Waals surface area (Å²) in [5, 5.41) is 0.687. The number of benzene rings is 1. The van der Waals surface area contributed by atoms with Crippen molar-refractivity contribution in [1.82, 2.24) is 0 Å². The molecule has 0 unspecified atom stereocenters. The van der Waals surface area contributed by atoms with E-state index in [1.165, 1.54) is 0 Å². The van der Waals surface area contributed by atoms with Gasteiger partial charge in [0.2, 0.25) is 0 Å². The fourth-order valence-electron chi connectivity index (χ4n) is 1.24. The van der Waals surface area contributed by atoms with Crippen LogP contribution >= 0.6 is 11.6 Å².